The lowest BCUT2D eigenvalue weighted by atomic mass is 9.96. The van der Waals surface area contributed by atoms with Crippen molar-refractivity contribution in [2.75, 3.05) is 12.1 Å². The van der Waals surface area contributed by atoms with Crippen LogP contribution in [0.2, 0.25) is 5.02 Å². The zero-order chi connectivity index (χ0) is 13.1. The molecule has 1 aromatic carbocycles. The molecule has 1 saturated carbocycles. The molecule has 104 valence electrons. The van der Waals surface area contributed by atoms with Crippen LogP contribution >= 0.6 is 11.6 Å². The Hall–Kier alpha value is -1.09. The highest BCUT2D eigenvalue weighted by Gasteiger charge is 2.18. The van der Waals surface area contributed by atoms with Crippen molar-refractivity contribution >= 4 is 17.3 Å². The number of hydrogen-bond acceptors (Lipinski definition) is 3. The first-order chi connectivity index (χ1) is 9.33. The molecule has 1 aromatic rings. The molecule has 4 heteroatoms. The molecule has 0 saturated heterocycles. The average Bonchev–Trinajstić information content (AvgIpc) is 2.79. The van der Waals surface area contributed by atoms with Gasteiger partial charge in [0.25, 0.3) is 0 Å². The first kappa shape index (κ1) is 12.9. The zero-order valence-corrected chi connectivity index (χ0v) is 11.8. The fourth-order valence-corrected chi connectivity index (χ4v) is 3.06. The second kappa shape index (κ2) is 5.91. The SMILES string of the molecule is Clc1cc2c(cc1NC1CCCCCCC1)OCO2. The molecule has 0 radical (unpaired) electrons. The lowest BCUT2D eigenvalue weighted by molar-refractivity contribution is 0.174. The third-order valence-electron chi connectivity index (χ3n) is 3.93. The molecule has 1 N–H and O–H groups in total. The molecule has 0 aromatic heterocycles. The summed E-state index contributed by atoms with van der Waals surface area (Å²) < 4.78 is 10.7. The van der Waals surface area contributed by atoms with Crippen LogP contribution in [0.25, 0.3) is 0 Å². The van der Waals surface area contributed by atoms with Gasteiger partial charge in [-0.25, -0.2) is 0 Å². The Labute approximate surface area is 119 Å². The van der Waals surface area contributed by atoms with E-state index in [1.165, 1.54) is 44.9 Å². The Balaban J connectivity index is 1.71. The van der Waals surface area contributed by atoms with E-state index >= 15 is 0 Å². The number of nitrogens with one attached hydrogen (secondary N) is 1. The molecule has 0 spiro atoms. The summed E-state index contributed by atoms with van der Waals surface area (Å²) in [6, 6.07) is 4.33. The minimum Gasteiger partial charge on any atom is -0.454 e. The highest BCUT2D eigenvalue weighted by atomic mass is 35.5. The van der Waals surface area contributed by atoms with Gasteiger partial charge in [0.2, 0.25) is 6.79 Å². The zero-order valence-electron chi connectivity index (χ0n) is 11.1. The number of rotatable bonds is 2. The molecule has 2 aliphatic rings. The molecule has 1 heterocycles. The quantitative estimate of drug-likeness (QED) is 0.860. The molecule has 0 atom stereocenters. The van der Waals surface area contributed by atoms with Crippen LogP contribution in [0.5, 0.6) is 11.5 Å². The lowest BCUT2D eigenvalue weighted by Gasteiger charge is -2.22. The van der Waals surface area contributed by atoms with Gasteiger partial charge in [0.1, 0.15) is 0 Å². The molecular formula is C15H20ClNO2. The fraction of sp³-hybridized carbons (Fsp3) is 0.600. The number of benzene rings is 1. The van der Waals surface area contributed by atoms with Crippen molar-refractivity contribution in [1.82, 2.24) is 0 Å². The van der Waals surface area contributed by atoms with Gasteiger partial charge in [-0.2, -0.15) is 0 Å². The molecule has 3 nitrogen and oxygen atoms in total. The summed E-state index contributed by atoms with van der Waals surface area (Å²) in [6.07, 6.45) is 9.16. The van der Waals surface area contributed by atoms with Crippen LogP contribution < -0.4 is 14.8 Å². The van der Waals surface area contributed by atoms with Crippen LogP contribution in [0.1, 0.15) is 44.9 Å². The van der Waals surface area contributed by atoms with Gasteiger partial charge in [0.15, 0.2) is 11.5 Å². The van der Waals surface area contributed by atoms with E-state index in [0.717, 1.165) is 17.2 Å². The smallest absolute Gasteiger partial charge is 0.231 e. The van der Waals surface area contributed by atoms with Crippen molar-refractivity contribution < 1.29 is 9.47 Å². The highest BCUT2D eigenvalue weighted by molar-refractivity contribution is 6.33. The van der Waals surface area contributed by atoms with Gasteiger partial charge < -0.3 is 14.8 Å². The van der Waals surface area contributed by atoms with Crippen LogP contribution in [0, 0.1) is 0 Å². The van der Waals surface area contributed by atoms with Gasteiger partial charge in [0, 0.05) is 18.2 Å². The maximum Gasteiger partial charge on any atom is 0.231 e. The van der Waals surface area contributed by atoms with Gasteiger partial charge in [0.05, 0.1) is 10.7 Å². The Kier molecular flexibility index (Phi) is 4.02. The number of fused-ring (bicyclic) bond motifs is 1. The third-order valence-corrected chi connectivity index (χ3v) is 4.24. The predicted molar refractivity (Wildman–Crippen MR) is 77.3 cm³/mol. The first-order valence-electron chi connectivity index (χ1n) is 7.18. The van der Waals surface area contributed by atoms with Crippen molar-refractivity contribution in [3.63, 3.8) is 0 Å². The topological polar surface area (TPSA) is 30.5 Å². The minimum atomic E-state index is 0.290. The number of anilines is 1. The van der Waals surface area contributed by atoms with Crippen molar-refractivity contribution in [3.05, 3.63) is 17.2 Å². The Morgan fingerprint density at radius 3 is 2.32 bits per heavy atom. The maximum absolute atomic E-state index is 6.30. The number of halogens is 1. The second-order valence-corrected chi connectivity index (χ2v) is 5.78. The summed E-state index contributed by atoms with van der Waals surface area (Å²) in [4.78, 5) is 0. The van der Waals surface area contributed by atoms with Crippen molar-refractivity contribution in [2.24, 2.45) is 0 Å². The Morgan fingerprint density at radius 2 is 1.58 bits per heavy atom. The van der Waals surface area contributed by atoms with E-state index in [1.807, 2.05) is 12.1 Å². The van der Waals surface area contributed by atoms with Crippen LogP contribution in [-0.4, -0.2) is 12.8 Å². The normalized spacial score (nSPS) is 19.8. The van der Waals surface area contributed by atoms with Crippen LogP contribution in [0.3, 0.4) is 0 Å². The largest absolute Gasteiger partial charge is 0.454 e. The second-order valence-electron chi connectivity index (χ2n) is 5.37. The van der Waals surface area contributed by atoms with E-state index in [1.54, 1.807) is 0 Å². The minimum absolute atomic E-state index is 0.290. The van der Waals surface area contributed by atoms with E-state index in [-0.39, 0.29) is 0 Å². The fourth-order valence-electron chi connectivity index (χ4n) is 2.85. The summed E-state index contributed by atoms with van der Waals surface area (Å²) in [5.74, 6) is 1.53. The van der Waals surface area contributed by atoms with Gasteiger partial charge in [-0.05, 0) is 12.8 Å². The van der Waals surface area contributed by atoms with Gasteiger partial charge in [-0.15, -0.1) is 0 Å². The van der Waals surface area contributed by atoms with E-state index in [9.17, 15) is 0 Å². The summed E-state index contributed by atoms with van der Waals surface area (Å²) in [7, 11) is 0. The highest BCUT2D eigenvalue weighted by Crippen LogP contribution is 2.39. The molecular weight excluding hydrogens is 262 g/mol. The molecule has 0 amide bonds. The van der Waals surface area contributed by atoms with E-state index in [2.05, 4.69) is 5.32 Å². The summed E-state index contributed by atoms with van der Waals surface area (Å²) in [5, 5.41) is 4.29. The monoisotopic (exact) mass is 281 g/mol. The van der Waals surface area contributed by atoms with E-state index in [0.29, 0.717) is 17.9 Å². The maximum atomic E-state index is 6.30. The van der Waals surface area contributed by atoms with E-state index < -0.39 is 0 Å². The van der Waals surface area contributed by atoms with E-state index in [4.69, 9.17) is 21.1 Å². The predicted octanol–water partition coefficient (Wildman–Crippen LogP) is 4.59. The Bertz CT molecular complexity index is 442. The van der Waals surface area contributed by atoms with Gasteiger partial charge in [-0.3, -0.25) is 0 Å². The molecule has 1 fully saturated rings. The van der Waals surface area contributed by atoms with Crippen molar-refractivity contribution in [2.45, 2.75) is 51.0 Å². The van der Waals surface area contributed by atoms with Crippen LogP contribution in [0.4, 0.5) is 5.69 Å². The molecule has 3 rings (SSSR count). The molecule has 0 bridgehead atoms. The van der Waals surface area contributed by atoms with Gasteiger partial charge in [-0.1, -0.05) is 43.7 Å². The number of ether oxygens (including phenoxy) is 2. The standard InChI is InChI=1S/C15H20ClNO2/c16-12-8-14-15(19-10-18-14)9-13(12)17-11-6-4-2-1-3-5-7-11/h8-9,11,17H,1-7,10H2. The van der Waals surface area contributed by atoms with Gasteiger partial charge >= 0.3 is 0 Å². The third kappa shape index (κ3) is 3.08. The first-order valence-corrected chi connectivity index (χ1v) is 7.56. The molecule has 1 aliphatic heterocycles. The summed E-state index contributed by atoms with van der Waals surface area (Å²) in [5.41, 5.74) is 0.969. The van der Waals surface area contributed by atoms with Crippen molar-refractivity contribution in [1.29, 1.82) is 0 Å². The molecule has 1 aliphatic carbocycles. The summed E-state index contributed by atoms with van der Waals surface area (Å²) in [6.45, 7) is 0.290. The van der Waals surface area contributed by atoms with Crippen molar-refractivity contribution in [3.8, 4) is 11.5 Å². The average molecular weight is 282 g/mol. The molecule has 19 heavy (non-hydrogen) atoms. The van der Waals surface area contributed by atoms with Crippen LogP contribution in [-0.2, 0) is 0 Å². The van der Waals surface area contributed by atoms with Crippen LogP contribution in [0.15, 0.2) is 12.1 Å². The molecule has 0 unspecified atom stereocenters. The Morgan fingerprint density at radius 1 is 0.947 bits per heavy atom. The number of hydrogen-bond donors (Lipinski definition) is 1. The summed E-state index contributed by atoms with van der Waals surface area (Å²) >= 11 is 6.30. The lowest BCUT2D eigenvalue weighted by Crippen LogP contribution is -2.20.